The number of imidazole rings is 1. The van der Waals surface area contributed by atoms with Crippen molar-refractivity contribution in [2.75, 3.05) is 31.3 Å². The Labute approximate surface area is 306 Å². The van der Waals surface area contributed by atoms with Gasteiger partial charge in [0.05, 0.1) is 19.6 Å². The third-order valence-electron chi connectivity index (χ3n) is 9.14. The van der Waals surface area contributed by atoms with E-state index < -0.39 is 5.91 Å². The van der Waals surface area contributed by atoms with E-state index in [1.54, 1.807) is 17.0 Å². The van der Waals surface area contributed by atoms with E-state index in [1.807, 2.05) is 62.4 Å². The fraction of sp³-hybridized carbons (Fsp3) is 0.351. The summed E-state index contributed by atoms with van der Waals surface area (Å²) in [6, 6.07) is 18.7. The van der Waals surface area contributed by atoms with Gasteiger partial charge in [0, 0.05) is 37.4 Å². The number of rotatable bonds is 13. The van der Waals surface area contributed by atoms with Crippen molar-refractivity contribution < 1.29 is 28.7 Å². The van der Waals surface area contributed by atoms with Crippen LogP contribution < -0.4 is 26.1 Å². The molecule has 1 saturated heterocycles. The molecule has 14 nitrogen and oxygen atoms in total. The van der Waals surface area contributed by atoms with E-state index in [1.165, 1.54) is 0 Å². The van der Waals surface area contributed by atoms with Gasteiger partial charge in [-0.05, 0) is 56.5 Å². The molecule has 15 heteroatoms. The largest absolute Gasteiger partial charge is 0.506 e. The number of aromatic hydroxyl groups is 1. The number of carbonyl (C=O) groups excluding carboxylic acids is 2. The number of pyridine rings is 1. The summed E-state index contributed by atoms with van der Waals surface area (Å²) in [6.45, 7) is 6.95. The second kappa shape index (κ2) is 16.3. The number of aromatic nitrogens is 5. The summed E-state index contributed by atoms with van der Waals surface area (Å²) in [6.07, 6.45) is 1.85. The van der Waals surface area contributed by atoms with E-state index in [-0.39, 0.29) is 53.8 Å². The van der Waals surface area contributed by atoms with Crippen molar-refractivity contribution in [2.24, 2.45) is 5.92 Å². The van der Waals surface area contributed by atoms with Gasteiger partial charge in [-0.25, -0.2) is 19.1 Å². The Kier molecular flexibility index (Phi) is 11.4. The number of amides is 2. The number of nitrogens with zero attached hydrogens (tertiary/aromatic N) is 6. The van der Waals surface area contributed by atoms with Gasteiger partial charge in [-0.3, -0.25) is 14.6 Å². The Hall–Kier alpha value is -5.47. The van der Waals surface area contributed by atoms with Crippen molar-refractivity contribution in [3.05, 3.63) is 94.3 Å². The second-order valence-electron chi connectivity index (χ2n) is 12.7. The van der Waals surface area contributed by atoms with Gasteiger partial charge >= 0.3 is 0 Å². The zero-order chi connectivity index (χ0) is 36.8. The normalized spacial score (nSPS) is 13.3. The number of nitrogens with two attached hydrogens (primary N) is 2. The number of aryl methyl sites for hydroxylation is 2. The summed E-state index contributed by atoms with van der Waals surface area (Å²) in [4.78, 5) is 41.0. The maximum Gasteiger partial charge on any atom is 0.277 e. The lowest BCUT2D eigenvalue weighted by atomic mass is 10.0. The molecule has 0 aliphatic carbocycles. The molecule has 0 spiro atoms. The highest BCUT2D eigenvalue weighted by molar-refractivity contribution is 6.31. The molecule has 1 fully saturated rings. The molecule has 4 heterocycles. The van der Waals surface area contributed by atoms with Crippen LogP contribution in [0, 0.1) is 12.8 Å². The third-order valence-corrected chi connectivity index (χ3v) is 9.42. The number of halogens is 1. The van der Waals surface area contributed by atoms with Gasteiger partial charge in [0.1, 0.15) is 23.7 Å². The lowest BCUT2D eigenvalue weighted by molar-refractivity contribution is -0.687. The van der Waals surface area contributed by atoms with Crippen LogP contribution in [0.15, 0.2) is 60.7 Å². The van der Waals surface area contributed by atoms with Gasteiger partial charge in [-0.2, -0.15) is 0 Å². The van der Waals surface area contributed by atoms with Crippen LogP contribution in [0.5, 0.6) is 11.5 Å². The monoisotopic (exact) mass is 728 g/mol. The summed E-state index contributed by atoms with van der Waals surface area (Å²) in [5.41, 5.74) is 15.5. The summed E-state index contributed by atoms with van der Waals surface area (Å²) in [7, 11) is 0. The van der Waals surface area contributed by atoms with Gasteiger partial charge in [-0.1, -0.05) is 41.9 Å². The molecule has 0 bridgehead atoms. The summed E-state index contributed by atoms with van der Waals surface area (Å²) >= 11 is 6.04. The molecule has 1 aliphatic rings. The average Bonchev–Trinajstić information content (AvgIpc) is 3.44. The predicted octanol–water partition coefficient (Wildman–Crippen LogP) is 3.93. The minimum atomic E-state index is -0.533. The van der Waals surface area contributed by atoms with Crippen molar-refractivity contribution in [1.29, 1.82) is 0 Å². The Morgan fingerprint density at radius 1 is 1.06 bits per heavy atom. The van der Waals surface area contributed by atoms with Crippen molar-refractivity contribution >= 4 is 46.1 Å². The Morgan fingerprint density at radius 3 is 2.58 bits per heavy atom. The first kappa shape index (κ1) is 36.3. The van der Waals surface area contributed by atoms with E-state index in [2.05, 4.69) is 29.4 Å². The Bertz CT molecular complexity index is 2070. The molecular weight excluding hydrogens is 686 g/mol. The minimum Gasteiger partial charge on any atom is -0.506 e. The fourth-order valence-corrected chi connectivity index (χ4v) is 6.55. The quantitative estimate of drug-likeness (QED) is 0.129. The number of carbonyl (C=O) groups is 2. The average molecular weight is 729 g/mol. The summed E-state index contributed by atoms with van der Waals surface area (Å²) in [5, 5.41) is 13.3. The van der Waals surface area contributed by atoms with Gasteiger partial charge in [-0.15, -0.1) is 0 Å². The molecule has 1 aliphatic heterocycles. The van der Waals surface area contributed by atoms with E-state index in [0.717, 1.165) is 47.5 Å². The molecule has 0 radical (unpaired) electrons. The van der Waals surface area contributed by atoms with Gasteiger partial charge in [0.2, 0.25) is 0 Å². The maximum absolute atomic E-state index is 13.7. The number of fused-ring (bicyclic) bond motifs is 1. The third kappa shape index (κ3) is 8.35. The fourth-order valence-electron chi connectivity index (χ4n) is 6.42. The number of nitrogens with one attached hydrogen (secondary N) is 1. The standard InChI is InChI=1S/C37H42ClN9O5/c1-3-46-29-17-26(52-22-32(49)45(19-24-7-5-4-6-8-24)21-27-30(48)12-9-23(2)42-27)10-11-28(29)47(20-25-13-15-51-16-14-25)31(46)18-41-37(50)33-35(39)44-36(40)34(38)43-33/h4-12,17,25H,3,13-16,18-22H2,1-2H3,(H5-,39,40,41,44,48,50)/p+1. The van der Waals surface area contributed by atoms with E-state index >= 15 is 0 Å². The molecule has 0 unspecified atom stereocenters. The first-order valence-electron chi connectivity index (χ1n) is 17.2. The molecule has 0 saturated carbocycles. The van der Waals surface area contributed by atoms with Crippen LogP contribution in [0.3, 0.4) is 0 Å². The molecule has 2 aromatic carbocycles. The zero-order valence-corrected chi connectivity index (χ0v) is 30.0. The van der Waals surface area contributed by atoms with Crippen molar-refractivity contribution in [2.45, 2.75) is 59.4 Å². The molecule has 3 aromatic heterocycles. The number of hydrogen-bond acceptors (Lipinski definition) is 10. The molecule has 52 heavy (non-hydrogen) atoms. The van der Waals surface area contributed by atoms with E-state index in [4.69, 9.17) is 32.5 Å². The highest BCUT2D eigenvalue weighted by Gasteiger charge is 2.29. The van der Waals surface area contributed by atoms with Crippen LogP contribution in [-0.2, 0) is 42.3 Å². The van der Waals surface area contributed by atoms with Crippen LogP contribution in [0.4, 0.5) is 11.6 Å². The lowest BCUT2D eigenvalue weighted by Gasteiger charge is -2.23. The van der Waals surface area contributed by atoms with Crippen molar-refractivity contribution in [1.82, 2.24) is 29.7 Å². The molecule has 272 valence electrons. The first-order valence-corrected chi connectivity index (χ1v) is 17.6. The highest BCUT2D eigenvalue weighted by Crippen LogP contribution is 2.25. The molecule has 5 aromatic rings. The van der Waals surface area contributed by atoms with E-state index in [9.17, 15) is 14.7 Å². The second-order valence-corrected chi connectivity index (χ2v) is 13.1. The molecule has 6 N–H and O–H groups in total. The van der Waals surface area contributed by atoms with Crippen molar-refractivity contribution in [3.8, 4) is 11.5 Å². The number of hydrogen-bond donors (Lipinski definition) is 4. The predicted molar refractivity (Wildman–Crippen MR) is 195 cm³/mol. The maximum atomic E-state index is 13.7. The van der Waals surface area contributed by atoms with Crippen LogP contribution in [-0.4, -0.2) is 61.2 Å². The van der Waals surface area contributed by atoms with Gasteiger partial charge in [0.25, 0.3) is 17.6 Å². The molecular formula is C37H43ClN9O5+. The topological polar surface area (TPSA) is 188 Å². The van der Waals surface area contributed by atoms with E-state index in [0.29, 0.717) is 43.7 Å². The molecule has 6 rings (SSSR count). The Morgan fingerprint density at radius 2 is 1.83 bits per heavy atom. The number of ether oxygens (including phenoxy) is 2. The summed E-state index contributed by atoms with van der Waals surface area (Å²) in [5.74, 6) is 0.815. The van der Waals surface area contributed by atoms with Gasteiger partial charge < -0.3 is 36.3 Å². The van der Waals surface area contributed by atoms with Crippen LogP contribution in [0.1, 0.15) is 53.0 Å². The van der Waals surface area contributed by atoms with Crippen molar-refractivity contribution in [3.63, 3.8) is 0 Å². The summed E-state index contributed by atoms with van der Waals surface area (Å²) < 4.78 is 16.1. The SMILES string of the molecule is CCn1c(CNC(=O)c2nc(Cl)c(N)nc2N)[n+](CC2CCOCC2)c2ccc(OCC(=O)N(Cc3ccccc3)Cc3nc(C)ccc3O)cc21. The smallest absolute Gasteiger partial charge is 0.277 e. The highest BCUT2D eigenvalue weighted by atomic mass is 35.5. The lowest BCUT2D eigenvalue weighted by Crippen LogP contribution is -2.44. The number of benzene rings is 2. The minimum absolute atomic E-state index is 0.0258. The first-order chi connectivity index (χ1) is 25.1. The van der Waals surface area contributed by atoms with Crippen LogP contribution >= 0.6 is 11.6 Å². The zero-order valence-electron chi connectivity index (χ0n) is 29.2. The van der Waals surface area contributed by atoms with Crippen LogP contribution in [0.25, 0.3) is 11.0 Å². The Balaban J connectivity index is 1.26. The number of anilines is 2. The molecule has 0 atom stereocenters. The molecule has 2 amide bonds. The number of nitrogen functional groups attached to an aromatic ring is 2. The van der Waals surface area contributed by atoms with Gasteiger partial charge in [0.15, 0.2) is 40.1 Å². The van der Waals surface area contributed by atoms with Crippen LogP contribution in [0.2, 0.25) is 5.15 Å².